The van der Waals surface area contributed by atoms with Crippen LogP contribution in [0.5, 0.6) is 0 Å². The standard InChI is InChI=1S/C23H24FN5O5.ClH/c1-12(2)20(25)22(30)32-11-16-10-29(23(31)34-16)15-5-6-17(18(24)8-15)14-4-7-19(26-9-14)21-28-27-13(3)33-21;/h4-9,12,16,20H,10-11,25H2,1-3H3;1H/t16-,20+;/m1./s1. The van der Waals surface area contributed by atoms with Crippen LogP contribution in [-0.4, -0.2) is 52.5 Å². The van der Waals surface area contributed by atoms with Gasteiger partial charge in [-0.1, -0.05) is 19.9 Å². The molecule has 186 valence electrons. The van der Waals surface area contributed by atoms with Gasteiger partial charge in [0, 0.05) is 24.2 Å². The van der Waals surface area contributed by atoms with Crippen molar-refractivity contribution in [2.75, 3.05) is 18.1 Å². The quantitative estimate of drug-likeness (QED) is 0.478. The summed E-state index contributed by atoms with van der Waals surface area (Å²) < 4.78 is 30.7. The van der Waals surface area contributed by atoms with Crippen LogP contribution in [-0.2, 0) is 14.3 Å². The van der Waals surface area contributed by atoms with Gasteiger partial charge in [0.2, 0.25) is 5.89 Å². The number of anilines is 1. The maximum Gasteiger partial charge on any atom is 0.414 e. The fourth-order valence-corrected chi connectivity index (χ4v) is 3.35. The zero-order valence-electron chi connectivity index (χ0n) is 19.3. The Morgan fingerprint density at radius 1 is 1.29 bits per heavy atom. The average Bonchev–Trinajstić information content (AvgIpc) is 3.42. The van der Waals surface area contributed by atoms with Crippen molar-refractivity contribution in [1.29, 1.82) is 0 Å². The number of nitrogens with two attached hydrogens (primary N) is 1. The Balaban J connectivity index is 0.00000342. The van der Waals surface area contributed by atoms with Crippen molar-refractivity contribution in [3.63, 3.8) is 0 Å². The van der Waals surface area contributed by atoms with Gasteiger partial charge in [0.15, 0.2) is 6.10 Å². The summed E-state index contributed by atoms with van der Waals surface area (Å²) in [5.41, 5.74) is 7.41. The third-order valence-corrected chi connectivity index (χ3v) is 5.36. The predicted molar refractivity (Wildman–Crippen MR) is 126 cm³/mol. The number of amides is 1. The van der Waals surface area contributed by atoms with Crippen LogP contribution in [0.3, 0.4) is 0 Å². The molecule has 1 amide bonds. The van der Waals surface area contributed by atoms with Crippen molar-refractivity contribution >= 4 is 30.2 Å². The first-order chi connectivity index (χ1) is 16.2. The molecule has 12 heteroatoms. The molecule has 2 atom stereocenters. The van der Waals surface area contributed by atoms with Crippen LogP contribution in [0.2, 0.25) is 0 Å². The van der Waals surface area contributed by atoms with Crippen LogP contribution in [0, 0.1) is 18.7 Å². The van der Waals surface area contributed by atoms with Gasteiger partial charge in [-0.3, -0.25) is 14.7 Å². The van der Waals surface area contributed by atoms with Gasteiger partial charge >= 0.3 is 12.1 Å². The van der Waals surface area contributed by atoms with Crippen molar-refractivity contribution in [3.8, 4) is 22.7 Å². The van der Waals surface area contributed by atoms with E-state index in [2.05, 4.69) is 15.2 Å². The van der Waals surface area contributed by atoms with Gasteiger partial charge < -0.3 is 19.6 Å². The Morgan fingerprint density at radius 3 is 2.66 bits per heavy atom. The lowest BCUT2D eigenvalue weighted by Gasteiger charge is -2.16. The summed E-state index contributed by atoms with van der Waals surface area (Å²) in [6.45, 7) is 5.28. The molecule has 1 aliphatic heterocycles. The number of benzene rings is 1. The monoisotopic (exact) mass is 505 g/mol. The minimum atomic E-state index is -0.755. The zero-order chi connectivity index (χ0) is 24.4. The van der Waals surface area contributed by atoms with E-state index in [9.17, 15) is 14.0 Å². The third-order valence-electron chi connectivity index (χ3n) is 5.36. The van der Waals surface area contributed by atoms with Crippen molar-refractivity contribution < 1.29 is 27.9 Å². The predicted octanol–water partition coefficient (Wildman–Crippen LogP) is 3.52. The summed E-state index contributed by atoms with van der Waals surface area (Å²) in [7, 11) is 0. The average molecular weight is 506 g/mol. The summed E-state index contributed by atoms with van der Waals surface area (Å²) in [6, 6.07) is 7.00. The molecule has 35 heavy (non-hydrogen) atoms. The number of aromatic nitrogens is 3. The van der Waals surface area contributed by atoms with E-state index >= 15 is 0 Å². The molecule has 1 saturated heterocycles. The minimum Gasteiger partial charge on any atom is -0.460 e. The molecule has 1 aromatic carbocycles. The molecule has 2 aromatic heterocycles. The molecule has 0 bridgehead atoms. The van der Waals surface area contributed by atoms with Crippen molar-refractivity contribution in [2.45, 2.75) is 32.9 Å². The first-order valence-corrected chi connectivity index (χ1v) is 10.7. The van der Waals surface area contributed by atoms with Gasteiger partial charge in [-0.05, 0) is 30.2 Å². The Morgan fingerprint density at radius 2 is 2.06 bits per heavy atom. The number of aryl methyl sites for hydroxylation is 1. The fourth-order valence-electron chi connectivity index (χ4n) is 3.35. The van der Waals surface area contributed by atoms with Crippen LogP contribution in [0.1, 0.15) is 19.7 Å². The van der Waals surface area contributed by atoms with E-state index in [0.717, 1.165) is 0 Å². The smallest absolute Gasteiger partial charge is 0.414 e. The number of hydrogen-bond acceptors (Lipinski definition) is 9. The van der Waals surface area contributed by atoms with E-state index in [-0.39, 0.29) is 37.4 Å². The van der Waals surface area contributed by atoms with Gasteiger partial charge in [0.1, 0.15) is 24.2 Å². The highest BCUT2D eigenvalue weighted by atomic mass is 35.5. The van der Waals surface area contributed by atoms with Gasteiger partial charge in [0.05, 0.1) is 12.2 Å². The molecular weight excluding hydrogens is 481 g/mol. The van der Waals surface area contributed by atoms with Gasteiger partial charge in [-0.15, -0.1) is 22.6 Å². The number of hydrogen-bond donors (Lipinski definition) is 1. The van der Waals surface area contributed by atoms with Crippen LogP contribution in [0.4, 0.5) is 14.9 Å². The van der Waals surface area contributed by atoms with Crippen LogP contribution in [0.15, 0.2) is 40.9 Å². The second-order valence-electron chi connectivity index (χ2n) is 8.24. The SMILES string of the molecule is Cc1nnc(-c2ccc(-c3ccc(N4C[C@H](COC(=O)[C@@H](N)C(C)C)OC4=O)cc3F)cn2)o1.Cl. The molecule has 1 fully saturated rings. The summed E-state index contributed by atoms with van der Waals surface area (Å²) in [4.78, 5) is 29.8. The highest BCUT2D eigenvalue weighted by molar-refractivity contribution is 5.90. The van der Waals surface area contributed by atoms with Crippen LogP contribution < -0.4 is 10.6 Å². The molecular formula is C23H25ClFN5O5. The maximum atomic E-state index is 14.9. The van der Waals surface area contributed by atoms with Gasteiger partial charge in [0.25, 0.3) is 5.89 Å². The lowest BCUT2D eigenvalue weighted by molar-refractivity contribution is -0.148. The molecule has 2 N–H and O–H groups in total. The van der Waals surface area contributed by atoms with E-state index in [1.165, 1.54) is 17.2 Å². The number of ether oxygens (including phenoxy) is 2. The lowest BCUT2D eigenvalue weighted by atomic mass is 10.1. The Bertz CT molecular complexity index is 1200. The minimum absolute atomic E-state index is 0. The van der Waals surface area contributed by atoms with E-state index in [1.807, 2.05) is 0 Å². The van der Waals surface area contributed by atoms with Crippen molar-refractivity contribution in [2.24, 2.45) is 11.7 Å². The molecule has 0 spiro atoms. The van der Waals surface area contributed by atoms with E-state index in [4.69, 9.17) is 19.6 Å². The number of halogens is 2. The van der Waals surface area contributed by atoms with E-state index < -0.39 is 30.0 Å². The van der Waals surface area contributed by atoms with E-state index in [0.29, 0.717) is 28.4 Å². The number of cyclic esters (lactones) is 1. The second kappa shape index (κ2) is 10.8. The van der Waals surface area contributed by atoms with Crippen LogP contribution in [0.25, 0.3) is 22.7 Å². The molecule has 3 heterocycles. The number of carbonyl (C=O) groups excluding carboxylic acids is 2. The molecule has 0 aliphatic carbocycles. The number of carbonyl (C=O) groups is 2. The Kier molecular flexibility index (Phi) is 8.03. The first-order valence-electron chi connectivity index (χ1n) is 10.7. The van der Waals surface area contributed by atoms with E-state index in [1.54, 1.807) is 45.0 Å². The molecule has 4 rings (SSSR count). The van der Waals surface area contributed by atoms with Gasteiger partial charge in [-0.2, -0.15) is 0 Å². The van der Waals surface area contributed by atoms with Gasteiger partial charge in [-0.25, -0.2) is 9.18 Å². The number of pyridine rings is 1. The number of esters is 1. The summed E-state index contributed by atoms with van der Waals surface area (Å²) in [5.74, 6) is -0.479. The third kappa shape index (κ3) is 5.75. The Labute approximate surface area is 207 Å². The first kappa shape index (κ1) is 26.0. The molecule has 0 unspecified atom stereocenters. The highest BCUT2D eigenvalue weighted by Gasteiger charge is 2.34. The summed E-state index contributed by atoms with van der Waals surface area (Å²) in [6.07, 6.45) is 0.175. The normalized spacial score (nSPS) is 16.1. The maximum absolute atomic E-state index is 14.9. The topological polar surface area (TPSA) is 134 Å². The Hall–Kier alpha value is -3.57. The second-order valence-corrected chi connectivity index (χ2v) is 8.24. The number of rotatable bonds is 7. The summed E-state index contributed by atoms with van der Waals surface area (Å²) in [5, 5.41) is 7.67. The molecule has 3 aromatic rings. The zero-order valence-corrected chi connectivity index (χ0v) is 20.1. The van der Waals surface area contributed by atoms with Crippen molar-refractivity contribution in [3.05, 3.63) is 48.2 Å². The molecule has 0 radical (unpaired) electrons. The fraction of sp³-hybridized carbons (Fsp3) is 0.348. The molecule has 0 saturated carbocycles. The highest BCUT2D eigenvalue weighted by Crippen LogP contribution is 2.29. The van der Waals surface area contributed by atoms with Crippen LogP contribution >= 0.6 is 12.4 Å². The molecule has 1 aliphatic rings. The largest absolute Gasteiger partial charge is 0.460 e. The summed E-state index contributed by atoms with van der Waals surface area (Å²) >= 11 is 0. The van der Waals surface area contributed by atoms with Crippen molar-refractivity contribution in [1.82, 2.24) is 15.2 Å². The molecule has 10 nitrogen and oxygen atoms in total. The number of nitrogens with zero attached hydrogens (tertiary/aromatic N) is 4. The lowest BCUT2D eigenvalue weighted by Crippen LogP contribution is -2.38.